The third kappa shape index (κ3) is 11.6. The van der Waals surface area contributed by atoms with Gasteiger partial charge < -0.3 is 0 Å². The molecule has 0 fully saturated rings. The molecule has 0 atom stereocenters. The molecule has 0 aliphatic heterocycles. The first-order chi connectivity index (χ1) is 16.5. The highest BCUT2D eigenvalue weighted by molar-refractivity contribution is 5.73. The SMILES string of the molecule is CC(C)(C)CC1=CCc2ccccc21.CC(C)Cc1ccccc1.Cc1ccc(CC(C)C)cc1. The molecule has 1 aliphatic rings. The van der Waals surface area contributed by atoms with Crippen molar-refractivity contribution in [2.75, 3.05) is 0 Å². The van der Waals surface area contributed by atoms with Gasteiger partial charge in [-0.15, -0.1) is 0 Å². The predicted octanol–water partition coefficient (Wildman–Crippen LogP) is 10.1. The van der Waals surface area contributed by atoms with Crippen LogP contribution in [0.15, 0.2) is 84.9 Å². The van der Waals surface area contributed by atoms with E-state index in [1.807, 2.05) is 0 Å². The van der Waals surface area contributed by atoms with Gasteiger partial charge in [0.05, 0.1) is 0 Å². The zero-order valence-electron chi connectivity index (χ0n) is 23.6. The minimum atomic E-state index is 0.392. The second-order valence-electron chi connectivity index (χ2n) is 12.0. The molecule has 35 heavy (non-hydrogen) atoms. The normalized spacial score (nSPS) is 12.3. The van der Waals surface area contributed by atoms with Crippen LogP contribution in [-0.4, -0.2) is 0 Å². The summed E-state index contributed by atoms with van der Waals surface area (Å²) < 4.78 is 0. The van der Waals surface area contributed by atoms with Crippen LogP contribution in [0.1, 0.15) is 82.7 Å². The number of aryl methyl sites for hydroxylation is 1. The summed E-state index contributed by atoms with van der Waals surface area (Å²) in [5.74, 6) is 1.53. The maximum absolute atomic E-state index is 2.38. The molecular formula is C35H48. The van der Waals surface area contributed by atoms with Gasteiger partial charge in [-0.3, -0.25) is 0 Å². The van der Waals surface area contributed by atoms with Gasteiger partial charge in [-0.2, -0.15) is 0 Å². The Kier molecular flexibility index (Phi) is 11.5. The Morgan fingerprint density at radius 2 is 1.17 bits per heavy atom. The molecule has 0 bridgehead atoms. The van der Waals surface area contributed by atoms with Crippen LogP contribution in [0.4, 0.5) is 0 Å². The molecule has 0 nitrogen and oxygen atoms in total. The third-order valence-corrected chi connectivity index (χ3v) is 5.90. The predicted molar refractivity (Wildman–Crippen MR) is 157 cm³/mol. The molecule has 0 unspecified atom stereocenters. The van der Waals surface area contributed by atoms with E-state index in [2.05, 4.69) is 140 Å². The monoisotopic (exact) mass is 468 g/mol. The van der Waals surface area contributed by atoms with Gasteiger partial charge in [0.2, 0.25) is 0 Å². The van der Waals surface area contributed by atoms with Crippen molar-refractivity contribution < 1.29 is 0 Å². The minimum absolute atomic E-state index is 0.392. The lowest BCUT2D eigenvalue weighted by atomic mass is 9.86. The fraction of sp³-hybridized carbons (Fsp3) is 0.429. The van der Waals surface area contributed by atoms with Crippen LogP contribution in [0.3, 0.4) is 0 Å². The Morgan fingerprint density at radius 3 is 1.71 bits per heavy atom. The van der Waals surface area contributed by atoms with Crippen LogP contribution in [0.25, 0.3) is 5.57 Å². The molecule has 4 rings (SSSR count). The lowest BCUT2D eigenvalue weighted by molar-refractivity contribution is 0.427. The van der Waals surface area contributed by atoms with E-state index in [1.54, 1.807) is 0 Å². The second kappa shape index (κ2) is 14.1. The fourth-order valence-corrected chi connectivity index (χ4v) is 4.37. The van der Waals surface area contributed by atoms with Crippen molar-refractivity contribution in [2.24, 2.45) is 17.3 Å². The van der Waals surface area contributed by atoms with Gasteiger partial charge in [0.1, 0.15) is 0 Å². The molecule has 0 spiro atoms. The smallest absolute Gasteiger partial charge is 0.00854 e. The van der Waals surface area contributed by atoms with E-state index in [4.69, 9.17) is 0 Å². The van der Waals surface area contributed by atoms with E-state index < -0.39 is 0 Å². The van der Waals surface area contributed by atoms with Gasteiger partial charge in [-0.05, 0) is 77.7 Å². The first kappa shape index (κ1) is 28.6. The van der Waals surface area contributed by atoms with Gasteiger partial charge in [-0.1, -0.05) is 139 Å². The van der Waals surface area contributed by atoms with Crippen molar-refractivity contribution in [3.8, 4) is 0 Å². The van der Waals surface area contributed by atoms with E-state index >= 15 is 0 Å². The Hall–Kier alpha value is -2.60. The lowest BCUT2D eigenvalue weighted by Gasteiger charge is -2.19. The molecular weight excluding hydrogens is 420 g/mol. The van der Waals surface area contributed by atoms with E-state index in [1.165, 1.54) is 52.7 Å². The average Bonchev–Trinajstić information content (AvgIpc) is 3.18. The highest BCUT2D eigenvalue weighted by Gasteiger charge is 2.19. The summed E-state index contributed by atoms with van der Waals surface area (Å²) in [5, 5.41) is 0. The molecule has 0 aromatic heterocycles. The molecule has 188 valence electrons. The van der Waals surface area contributed by atoms with Crippen molar-refractivity contribution in [3.05, 3.63) is 113 Å². The number of fused-ring (bicyclic) bond motifs is 1. The number of hydrogen-bond donors (Lipinski definition) is 0. The molecule has 0 radical (unpaired) electrons. The van der Waals surface area contributed by atoms with Crippen molar-refractivity contribution in [1.82, 2.24) is 0 Å². The summed E-state index contributed by atoms with van der Waals surface area (Å²) >= 11 is 0. The Labute approximate surface area is 216 Å². The van der Waals surface area contributed by atoms with Crippen molar-refractivity contribution >= 4 is 5.57 Å². The average molecular weight is 469 g/mol. The van der Waals surface area contributed by atoms with Crippen molar-refractivity contribution in [2.45, 2.75) is 81.1 Å². The zero-order valence-corrected chi connectivity index (χ0v) is 23.6. The van der Waals surface area contributed by atoms with E-state index in [9.17, 15) is 0 Å². The van der Waals surface area contributed by atoms with E-state index in [0.29, 0.717) is 5.41 Å². The summed E-state index contributed by atoms with van der Waals surface area (Å²) in [5.41, 5.74) is 9.13. The highest BCUT2D eigenvalue weighted by atomic mass is 14.2. The fourth-order valence-electron chi connectivity index (χ4n) is 4.37. The number of allylic oxidation sites excluding steroid dienone is 2. The van der Waals surface area contributed by atoms with Crippen LogP contribution in [0, 0.1) is 24.2 Å². The molecule has 0 saturated carbocycles. The summed E-state index contributed by atoms with van der Waals surface area (Å²) in [6.07, 6.45) is 7.09. The van der Waals surface area contributed by atoms with Gasteiger partial charge in [0.15, 0.2) is 0 Å². The molecule has 0 saturated heterocycles. The maximum atomic E-state index is 2.38. The van der Waals surface area contributed by atoms with Crippen molar-refractivity contribution in [3.63, 3.8) is 0 Å². The van der Waals surface area contributed by atoms with Crippen LogP contribution in [0.2, 0.25) is 0 Å². The zero-order chi connectivity index (χ0) is 25.8. The first-order valence-corrected chi connectivity index (χ1v) is 13.4. The quantitative estimate of drug-likeness (QED) is 0.349. The van der Waals surface area contributed by atoms with Gasteiger partial charge in [-0.25, -0.2) is 0 Å². The Bertz CT molecular complexity index is 1010. The topological polar surface area (TPSA) is 0 Å². The van der Waals surface area contributed by atoms with Crippen LogP contribution >= 0.6 is 0 Å². The van der Waals surface area contributed by atoms with Crippen molar-refractivity contribution in [1.29, 1.82) is 0 Å². The summed E-state index contributed by atoms with van der Waals surface area (Å²) in [4.78, 5) is 0. The van der Waals surface area contributed by atoms with Crippen LogP contribution in [-0.2, 0) is 19.3 Å². The minimum Gasteiger partial charge on any atom is -0.0763 e. The second-order valence-corrected chi connectivity index (χ2v) is 12.0. The summed E-state index contributed by atoms with van der Waals surface area (Å²) in [7, 11) is 0. The number of benzene rings is 3. The molecule has 0 amide bonds. The Balaban J connectivity index is 0.000000189. The molecule has 0 N–H and O–H groups in total. The molecule has 1 aliphatic carbocycles. The third-order valence-electron chi connectivity index (χ3n) is 5.90. The molecule has 0 heteroatoms. The standard InChI is InChI=1S/C14H18.C11H16.C10H14/c1-14(2,3)10-12-9-8-11-6-4-5-7-13(11)12;1-9(2)8-11-6-4-10(3)5-7-11;1-9(2)8-10-6-4-3-5-7-10/h4-7,9H,8,10H2,1-3H3;4-7,9H,8H2,1-3H3;3-7,9H,8H2,1-2H3. The number of hydrogen-bond acceptors (Lipinski definition) is 0. The van der Waals surface area contributed by atoms with Gasteiger partial charge in [0.25, 0.3) is 0 Å². The maximum Gasteiger partial charge on any atom is -0.00854 e. The largest absolute Gasteiger partial charge is 0.0763 e. The Morgan fingerprint density at radius 1 is 0.657 bits per heavy atom. The van der Waals surface area contributed by atoms with Gasteiger partial charge in [0, 0.05) is 0 Å². The highest BCUT2D eigenvalue weighted by Crippen LogP contribution is 2.35. The summed E-state index contributed by atoms with van der Waals surface area (Å²) in [6, 6.07) is 28.2. The van der Waals surface area contributed by atoms with Gasteiger partial charge >= 0.3 is 0 Å². The summed E-state index contributed by atoms with van der Waals surface area (Å²) in [6.45, 7) is 18.0. The van der Waals surface area contributed by atoms with Crippen LogP contribution in [0.5, 0.6) is 0 Å². The van der Waals surface area contributed by atoms with Crippen LogP contribution < -0.4 is 0 Å². The molecule has 3 aromatic carbocycles. The molecule has 3 aromatic rings. The molecule has 0 heterocycles. The first-order valence-electron chi connectivity index (χ1n) is 13.4. The number of rotatable bonds is 5. The van der Waals surface area contributed by atoms with E-state index in [0.717, 1.165) is 18.3 Å². The lowest BCUT2D eigenvalue weighted by Crippen LogP contribution is -2.05. The van der Waals surface area contributed by atoms with E-state index in [-0.39, 0.29) is 0 Å².